The average Bonchev–Trinajstić information content (AvgIpc) is 2.91. The zero-order valence-corrected chi connectivity index (χ0v) is 10.7. The van der Waals surface area contributed by atoms with Gasteiger partial charge in [0.25, 0.3) is 0 Å². The van der Waals surface area contributed by atoms with E-state index in [1.54, 1.807) is 24.5 Å². The van der Waals surface area contributed by atoms with Crippen molar-refractivity contribution in [3.8, 4) is 5.75 Å². The second kappa shape index (κ2) is 4.77. The Morgan fingerprint density at radius 3 is 2.95 bits per heavy atom. The first kappa shape index (κ1) is 12.3. The van der Waals surface area contributed by atoms with E-state index in [1.807, 2.05) is 0 Å². The van der Waals surface area contributed by atoms with Gasteiger partial charge in [0.05, 0.1) is 12.7 Å². The summed E-state index contributed by atoms with van der Waals surface area (Å²) < 4.78 is 18.9. The zero-order chi connectivity index (χ0) is 14.1. The summed E-state index contributed by atoms with van der Waals surface area (Å²) in [6, 6.07) is 7.59. The zero-order valence-electron chi connectivity index (χ0n) is 10.7. The monoisotopic (exact) mass is 270 g/mol. The Bertz CT molecular complexity index is 795. The number of methoxy groups -OCH3 is 1. The number of benzene rings is 1. The number of hydrogen-bond acceptors (Lipinski definition) is 3. The highest BCUT2D eigenvalue weighted by Gasteiger charge is 2.18. The molecule has 1 aromatic carbocycles. The fourth-order valence-electron chi connectivity index (χ4n) is 2.09. The molecule has 0 aliphatic carbocycles. The smallest absolute Gasteiger partial charge is 0.198 e. The van der Waals surface area contributed by atoms with Crippen LogP contribution in [0.1, 0.15) is 15.9 Å². The lowest BCUT2D eigenvalue weighted by Crippen LogP contribution is -2.04. The first-order valence-corrected chi connectivity index (χ1v) is 6.01. The van der Waals surface area contributed by atoms with Crippen LogP contribution in [0.5, 0.6) is 5.75 Å². The number of halogens is 1. The van der Waals surface area contributed by atoms with Crippen molar-refractivity contribution in [1.29, 1.82) is 0 Å². The van der Waals surface area contributed by atoms with Gasteiger partial charge in [-0.05, 0) is 30.3 Å². The number of rotatable bonds is 3. The van der Waals surface area contributed by atoms with Gasteiger partial charge < -0.3 is 9.72 Å². The number of carbonyl (C=O) groups excluding carboxylic acids is 1. The Labute approximate surface area is 114 Å². The summed E-state index contributed by atoms with van der Waals surface area (Å²) >= 11 is 0. The van der Waals surface area contributed by atoms with E-state index in [4.69, 9.17) is 4.74 Å². The lowest BCUT2D eigenvalue weighted by Gasteiger charge is -2.05. The number of carbonyl (C=O) groups is 1. The van der Waals surface area contributed by atoms with Crippen molar-refractivity contribution in [2.24, 2.45) is 0 Å². The molecule has 0 saturated heterocycles. The van der Waals surface area contributed by atoms with Crippen molar-refractivity contribution >= 4 is 16.8 Å². The molecular formula is C15H11FN2O2. The number of hydrogen-bond donors (Lipinski definition) is 1. The first-order valence-electron chi connectivity index (χ1n) is 6.01. The molecule has 2 heterocycles. The number of fused-ring (bicyclic) bond motifs is 1. The maximum atomic E-state index is 13.8. The molecule has 0 bridgehead atoms. The highest BCUT2D eigenvalue weighted by atomic mass is 19.1. The van der Waals surface area contributed by atoms with Crippen LogP contribution in [-0.4, -0.2) is 22.9 Å². The van der Waals surface area contributed by atoms with Crippen LogP contribution in [0.3, 0.4) is 0 Å². The van der Waals surface area contributed by atoms with Crippen molar-refractivity contribution in [1.82, 2.24) is 9.97 Å². The molecule has 100 valence electrons. The minimum absolute atomic E-state index is 0.0193. The van der Waals surface area contributed by atoms with Gasteiger partial charge in [0, 0.05) is 23.3 Å². The van der Waals surface area contributed by atoms with Gasteiger partial charge in [0.2, 0.25) is 0 Å². The number of nitrogens with zero attached hydrogens (tertiary/aromatic N) is 1. The molecule has 0 atom stereocenters. The number of ketones is 1. The summed E-state index contributed by atoms with van der Waals surface area (Å²) in [6.45, 7) is 0. The van der Waals surface area contributed by atoms with Crippen LogP contribution in [0, 0.1) is 5.82 Å². The largest absolute Gasteiger partial charge is 0.497 e. The van der Waals surface area contributed by atoms with Gasteiger partial charge in [0.15, 0.2) is 5.78 Å². The second-order valence-electron chi connectivity index (χ2n) is 4.28. The minimum atomic E-state index is -0.575. The summed E-state index contributed by atoms with van der Waals surface area (Å²) in [6.07, 6.45) is 3.16. The van der Waals surface area contributed by atoms with Crippen molar-refractivity contribution in [3.05, 3.63) is 59.7 Å². The van der Waals surface area contributed by atoms with Gasteiger partial charge in [-0.25, -0.2) is 9.37 Å². The molecule has 0 unspecified atom stereocenters. The molecule has 5 heteroatoms. The van der Waals surface area contributed by atoms with Gasteiger partial charge in [-0.3, -0.25) is 4.79 Å². The highest BCUT2D eigenvalue weighted by Crippen LogP contribution is 2.23. The number of H-pyrrole nitrogens is 1. The fourth-order valence-corrected chi connectivity index (χ4v) is 2.09. The van der Waals surface area contributed by atoms with Crippen LogP contribution in [0.2, 0.25) is 0 Å². The molecule has 0 aliphatic heterocycles. The van der Waals surface area contributed by atoms with Crippen molar-refractivity contribution in [2.45, 2.75) is 0 Å². The molecule has 2 aromatic heterocycles. The van der Waals surface area contributed by atoms with E-state index in [9.17, 15) is 9.18 Å². The van der Waals surface area contributed by atoms with Crippen LogP contribution in [0.15, 0.2) is 42.7 Å². The number of ether oxygens (including phenoxy) is 1. The van der Waals surface area contributed by atoms with E-state index in [2.05, 4.69) is 9.97 Å². The predicted octanol–water partition coefficient (Wildman–Crippen LogP) is 2.94. The van der Waals surface area contributed by atoms with Crippen LogP contribution in [-0.2, 0) is 0 Å². The third-order valence-corrected chi connectivity index (χ3v) is 3.11. The summed E-state index contributed by atoms with van der Waals surface area (Å²) in [4.78, 5) is 19.5. The summed E-state index contributed by atoms with van der Waals surface area (Å²) in [7, 11) is 1.47. The molecule has 1 N–H and O–H groups in total. The van der Waals surface area contributed by atoms with Gasteiger partial charge in [0.1, 0.15) is 17.2 Å². The molecule has 0 saturated carbocycles. The molecule has 0 spiro atoms. The normalized spacial score (nSPS) is 10.7. The molecule has 0 amide bonds. The molecule has 3 rings (SSSR count). The number of aromatic amines is 1. The van der Waals surface area contributed by atoms with Gasteiger partial charge >= 0.3 is 0 Å². The molecular weight excluding hydrogens is 259 g/mol. The summed E-state index contributed by atoms with van der Waals surface area (Å²) in [5.41, 5.74) is 0.966. The third kappa shape index (κ3) is 1.93. The molecule has 4 nitrogen and oxygen atoms in total. The molecule has 20 heavy (non-hydrogen) atoms. The molecule has 0 fully saturated rings. The molecule has 3 aromatic rings. The van der Waals surface area contributed by atoms with Gasteiger partial charge in [-0.1, -0.05) is 0 Å². The first-order chi connectivity index (χ1) is 9.70. The van der Waals surface area contributed by atoms with E-state index < -0.39 is 11.6 Å². The van der Waals surface area contributed by atoms with E-state index in [1.165, 1.54) is 25.3 Å². The summed E-state index contributed by atoms with van der Waals surface area (Å²) in [5, 5.41) is 0.666. The van der Waals surface area contributed by atoms with Crippen LogP contribution >= 0.6 is 0 Å². The maximum absolute atomic E-state index is 13.8. The van der Waals surface area contributed by atoms with E-state index in [0.717, 1.165) is 0 Å². The Kier molecular flexibility index (Phi) is 2.95. The average molecular weight is 270 g/mol. The maximum Gasteiger partial charge on any atom is 0.198 e. The number of nitrogens with one attached hydrogen (secondary N) is 1. The molecule has 0 aliphatic rings. The van der Waals surface area contributed by atoms with Crippen LogP contribution < -0.4 is 4.74 Å². The Morgan fingerprint density at radius 1 is 1.30 bits per heavy atom. The summed E-state index contributed by atoms with van der Waals surface area (Å²) in [5.74, 6) is -0.539. The molecule has 0 radical (unpaired) electrons. The highest BCUT2D eigenvalue weighted by molar-refractivity contribution is 6.16. The Balaban J connectivity index is 2.13. The Morgan fingerprint density at radius 2 is 2.15 bits per heavy atom. The number of pyridine rings is 1. The number of aromatic nitrogens is 2. The van der Waals surface area contributed by atoms with Gasteiger partial charge in [-0.2, -0.15) is 0 Å². The van der Waals surface area contributed by atoms with Crippen molar-refractivity contribution in [3.63, 3.8) is 0 Å². The standard InChI is InChI=1S/C15H11FN2O2/c1-20-9-4-5-13(16)11(7-9)14(19)12-8-18-15-10(12)3-2-6-17-15/h2-8H,1H3,(H,17,18). The third-order valence-electron chi connectivity index (χ3n) is 3.11. The SMILES string of the molecule is COc1ccc(F)c(C(=O)c2c[nH]c3ncccc23)c1. The van der Waals surface area contributed by atoms with Crippen molar-refractivity contribution in [2.75, 3.05) is 7.11 Å². The topological polar surface area (TPSA) is 55.0 Å². The quantitative estimate of drug-likeness (QED) is 0.744. The van der Waals surface area contributed by atoms with E-state index in [0.29, 0.717) is 22.3 Å². The predicted molar refractivity (Wildman–Crippen MR) is 72.5 cm³/mol. The second-order valence-corrected chi connectivity index (χ2v) is 4.28. The lowest BCUT2D eigenvalue weighted by molar-refractivity contribution is 0.103. The minimum Gasteiger partial charge on any atom is -0.497 e. The van der Waals surface area contributed by atoms with Crippen LogP contribution in [0.4, 0.5) is 4.39 Å². The van der Waals surface area contributed by atoms with E-state index >= 15 is 0 Å². The van der Waals surface area contributed by atoms with E-state index in [-0.39, 0.29) is 5.56 Å². The Hall–Kier alpha value is -2.69. The van der Waals surface area contributed by atoms with Crippen molar-refractivity contribution < 1.29 is 13.9 Å². The van der Waals surface area contributed by atoms with Gasteiger partial charge in [-0.15, -0.1) is 0 Å². The van der Waals surface area contributed by atoms with Crippen LogP contribution in [0.25, 0.3) is 11.0 Å². The lowest BCUT2D eigenvalue weighted by atomic mass is 10.0. The fraction of sp³-hybridized carbons (Fsp3) is 0.0667.